The first-order chi connectivity index (χ1) is 8.13. The van der Waals surface area contributed by atoms with Gasteiger partial charge >= 0.3 is 0 Å². The maximum absolute atomic E-state index is 13.8. The third kappa shape index (κ3) is 2.55. The second-order valence-electron chi connectivity index (χ2n) is 4.46. The summed E-state index contributed by atoms with van der Waals surface area (Å²) in [5, 5.41) is 0.302. The van der Waals surface area contributed by atoms with Crippen LogP contribution in [0.5, 0.6) is 5.75 Å². The summed E-state index contributed by atoms with van der Waals surface area (Å²) in [7, 11) is 0. The van der Waals surface area contributed by atoms with E-state index in [1.165, 1.54) is 12.5 Å². The van der Waals surface area contributed by atoms with E-state index in [9.17, 15) is 4.39 Å². The van der Waals surface area contributed by atoms with Crippen molar-refractivity contribution in [3.8, 4) is 5.75 Å². The minimum atomic E-state index is -0.427. The van der Waals surface area contributed by atoms with Gasteiger partial charge in [-0.3, -0.25) is 0 Å². The lowest BCUT2D eigenvalue weighted by Crippen LogP contribution is -2.26. The van der Waals surface area contributed by atoms with Crippen molar-refractivity contribution in [2.45, 2.75) is 32.2 Å². The molecule has 0 bridgehead atoms. The molecule has 4 heteroatoms. The van der Waals surface area contributed by atoms with Crippen LogP contribution in [0.3, 0.4) is 0 Å². The van der Waals surface area contributed by atoms with Gasteiger partial charge < -0.3 is 10.5 Å². The Labute approximate surface area is 106 Å². The highest BCUT2D eigenvalue weighted by Crippen LogP contribution is 2.39. The standard InChI is InChI=1S/C13H17ClFNO/c1-2-17-13-10(14)6-9(7-11(13)15)12(16)8-4-3-5-8/h6-8,12H,2-5,16H2,1H3/t12-/m0/s1. The Morgan fingerprint density at radius 1 is 1.53 bits per heavy atom. The van der Waals surface area contributed by atoms with Crippen LogP contribution in [0.25, 0.3) is 0 Å². The maximum Gasteiger partial charge on any atom is 0.173 e. The van der Waals surface area contributed by atoms with Crippen molar-refractivity contribution in [3.05, 3.63) is 28.5 Å². The summed E-state index contributed by atoms with van der Waals surface area (Å²) in [6.07, 6.45) is 3.45. The lowest BCUT2D eigenvalue weighted by atomic mass is 9.77. The monoisotopic (exact) mass is 257 g/mol. The van der Waals surface area contributed by atoms with Crippen LogP contribution in [-0.2, 0) is 0 Å². The fraction of sp³-hybridized carbons (Fsp3) is 0.538. The van der Waals surface area contributed by atoms with Crippen molar-refractivity contribution in [1.29, 1.82) is 0 Å². The van der Waals surface area contributed by atoms with Crippen LogP contribution in [0.15, 0.2) is 12.1 Å². The van der Waals surface area contributed by atoms with Gasteiger partial charge in [-0.15, -0.1) is 0 Å². The molecule has 17 heavy (non-hydrogen) atoms. The zero-order chi connectivity index (χ0) is 12.4. The molecule has 1 atom stereocenters. The Hall–Kier alpha value is -0.800. The van der Waals surface area contributed by atoms with Gasteiger partial charge in [0.2, 0.25) is 0 Å². The molecule has 0 amide bonds. The van der Waals surface area contributed by atoms with Crippen LogP contribution in [0, 0.1) is 11.7 Å². The summed E-state index contributed by atoms with van der Waals surface area (Å²) in [6, 6.07) is 3.05. The Morgan fingerprint density at radius 3 is 2.71 bits per heavy atom. The van der Waals surface area contributed by atoms with Crippen LogP contribution < -0.4 is 10.5 Å². The molecule has 1 fully saturated rings. The van der Waals surface area contributed by atoms with Crippen LogP contribution in [0.1, 0.15) is 37.8 Å². The van der Waals surface area contributed by atoms with Crippen molar-refractivity contribution in [3.63, 3.8) is 0 Å². The third-order valence-corrected chi connectivity index (χ3v) is 3.63. The van der Waals surface area contributed by atoms with Crippen LogP contribution in [0.2, 0.25) is 5.02 Å². The van der Waals surface area contributed by atoms with Gasteiger partial charge in [0, 0.05) is 6.04 Å². The molecule has 0 unspecified atom stereocenters. The molecule has 0 aliphatic heterocycles. The maximum atomic E-state index is 13.8. The summed E-state index contributed by atoms with van der Waals surface area (Å²) in [6.45, 7) is 2.19. The molecule has 2 rings (SSSR count). The van der Waals surface area contributed by atoms with Crippen molar-refractivity contribution < 1.29 is 9.13 Å². The van der Waals surface area contributed by atoms with E-state index in [2.05, 4.69) is 0 Å². The quantitative estimate of drug-likeness (QED) is 0.893. The first-order valence-electron chi connectivity index (χ1n) is 6.00. The van der Waals surface area contributed by atoms with Gasteiger partial charge in [0.15, 0.2) is 11.6 Å². The van der Waals surface area contributed by atoms with E-state index < -0.39 is 5.82 Å². The normalized spacial score (nSPS) is 17.6. The molecule has 0 spiro atoms. The SMILES string of the molecule is CCOc1c(F)cc([C@@H](N)C2CCC2)cc1Cl. The fourth-order valence-electron chi connectivity index (χ4n) is 2.13. The summed E-state index contributed by atoms with van der Waals surface area (Å²) in [4.78, 5) is 0. The van der Waals surface area contributed by atoms with Gasteiger partial charge in [-0.1, -0.05) is 18.0 Å². The predicted octanol–water partition coefficient (Wildman–Crippen LogP) is 3.68. The number of benzene rings is 1. The van der Waals surface area contributed by atoms with Crippen molar-refractivity contribution in [2.24, 2.45) is 11.7 Å². The molecular weight excluding hydrogens is 241 g/mol. The molecule has 0 aromatic heterocycles. The first kappa shape index (κ1) is 12.7. The zero-order valence-electron chi connectivity index (χ0n) is 9.88. The highest BCUT2D eigenvalue weighted by molar-refractivity contribution is 6.32. The second-order valence-corrected chi connectivity index (χ2v) is 4.87. The van der Waals surface area contributed by atoms with E-state index >= 15 is 0 Å². The van der Waals surface area contributed by atoms with Gasteiger partial charge in [0.1, 0.15) is 0 Å². The number of ether oxygens (including phenoxy) is 1. The van der Waals surface area contributed by atoms with E-state index in [0.29, 0.717) is 17.5 Å². The zero-order valence-corrected chi connectivity index (χ0v) is 10.6. The van der Waals surface area contributed by atoms with E-state index in [1.54, 1.807) is 13.0 Å². The lowest BCUT2D eigenvalue weighted by molar-refractivity contribution is 0.263. The van der Waals surface area contributed by atoms with Crippen LogP contribution in [-0.4, -0.2) is 6.61 Å². The van der Waals surface area contributed by atoms with Gasteiger partial charge in [-0.05, 0) is 43.4 Å². The van der Waals surface area contributed by atoms with Crippen LogP contribution in [0.4, 0.5) is 4.39 Å². The topological polar surface area (TPSA) is 35.2 Å². The Morgan fingerprint density at radius 2 is 2.24 bits per heavy atom. The fourth-order valence-corrected chi connectivity index (χ4v) is 2.40. The lowest BCUT2D eigenvalue weighted by Gasteiger charge is -2.31. The molecule has 0 heterocycles. The summed E-state index contributed by atoms with van der Waals surface area (Å²) in [5.74, 6) is 0.159. The second kappa shape index (κ2) is 5.23. The number of rotatable bonds is 4. The molecule has 1 aromatic carbocycles. The van der Waals surface area contributed by atoms with Crippen LogP contribution >= 0.6 is 11.6 Å². The number of hydrogen-bond donors (Lipinski definition) is 1. The summed E-state index contributed by atoms with van der Waals surface area (Å²) in [5.41, 5.74) is 6.86. The molecule has 2 nitrogen and oxygen atoms in total. The number of nitrogens with two attached hydrogens (primary N) is 1. The minimum absolute atomic E-state index is 0.119. The summed E-state index contributed by atoms with van der Waals surface area (Å²) >= 11 is 6.00. The molecule has 1 aliphatic rings. The molecule has 2 N–H and O–H groups in total. The average molecular weight is 258 g/mol. The van der Waals surface area contributed by atoms with Gasteiger partial charge in [0.25, 0.3) is 0 Å². The minimum Gasteiger partial charge on any atom is -0.489 e. The molecular formula is C13H17ClFNO. The smallest absolute Gasteiger partial charge is 0.173 e. The predicted molar refractivity (Wildman–Crippen MR) is 66.8 cm³/mol. The van der Waals surface area contributed by atoms with E-state index in [0.717, 1.165) is 18.4 Å². The van der Waals surface area contributed by atoms with E-state index in [-0.39, 0.29) is 11.8 Å². The Kier molecular flexibility index (Phi) is 3.89. The first-order valence-corrected chi connectivity index (χ1v) is 6.38. The Balaban J connectivity index is 2.24. The highest BCUT2D eigenvalue weighted by atomic mass is 35.5. The van der Waals surface area contributed by atoms with Crippen molar-refractivity contribution >= 4 is 11.6 Å². The number of halogens is 2. The molecule has 0 saturated heterocycles. The van der Waals surface area contributed by atoms with Gasteiger partial charge in [-0.2, -0.15) is 0 Å². The number of hydrogen-bond acceptors (Lipinski definition) is 2. The molecule has 1 aromatic rings. The molecule has 1 aliphatic carbocycles. The third-order valence-electron chi connectivity index (χ3n) is 3.35. The van der Waals surface area contributed by atoms with Crippen molar-refractivity contribution in [2.75, 3.05) is 6.61 Å². The largest absolute Gasteiger partial charge is 0.489 e. The van der Waals surface area contributed by atoms with Gasteiger partial charge in [0.05, 0.1) is 11.6 Å². The molecule has 1 saturated carbocycles. The Bertz CT molecular complexity index is 383. The van der Waals surface area contributed by atoms with Gasteiger partial charge in [-0.25, -0.2) is 4.39 Å². The average Bonchev–Trinajstić information content (AvgIpc) is 2.20. The summed E-state index contributed by atoms with van der Waals surface area (Å²) < 4.78 is 18.9. The highest BCUT2D eigenvalue weighted by Gasteiger charge is 2.26. The molecule has 94 valence electrons. The molecule has 0 radical (unpaired) electrons. The van der Waals surface area contributed by atoms with E-state index in [1.807, 2.05) is 0 Å². The van der Waals surface area contributed by atoms with E-state index in [4.69, 9.17) is 22.1 Å². The van der Waals surface area contributed by atoms with Crippen molar-refractivity contribution in [1.82, 2.24) is 0 Å².